The van der Waals surface area contributed by atoms with E-state index in [4.69, 9.17) is 5.11 Å². The molecule has 0 aliphatic heterocycles. The van der Waals surface area contributed by atoms with Crippen LogP contribution < -0.4 is 0 Å². The lowest BCUT2D eigenvalue weighted by Gasteiger charge is -1.92. The van der Waals surface area contributed by atoms with Crippen molar-refractivity contribution in [2.45, 2.75) is 0 Å². The molecule has 15 heavy (non-hydrogen) atoms. The lowest BCUT2D eigenvalue weighted by molar-refractivity contribution is 0.0690. The van der Waals surface area contributed by atoms with E-state index in [1.807, 2.05) is 30.3 Å². The summed E-state index contributed by atoms with van der Waals surface area (Å²) >= 11 is 0. The van der Waals surface area contributed by atoms with Crippen molar-refractivity contribution in [3.8, 4) is 11.3 Å². The first-order chi connectivity index (χ1) is 6.77. The summed E-state index contributed by atoms with van der Waals surface area (Å²) in [6, 6.07) is 10.9. The van der Waals surface area contributed by atoms with Crippen LogP contribution in [0.2, 0.25) is 0 Å². The highest BCUT2D eigenvalue weighted by Crippen LogP contribution is 2.16. The first kappa shape index (κ1) is 10.9. The van der Waals surface area contributed by atoms with Gasteiger partial charge in [0.15, 0.2) is 0 Å². The lowest BCUT2D eigenvalue weighted by atomic mass is 10.1. The maximum Gasteiger partial charge on any atom is 0.353 e. The number of H-pyrrole nitrogens is 1. The molecular formula is C10H10N2O3. The quantitative estimate of drug-likeness (QED) is 0.765. The molecule has 78 valence electrons. The predicted molar refractivity (Wildman–Crippen MR) is 54.6 cm³/mol. The van der Waals surface area contributed by atoms with Crippen LogP contribution in [-0.4, -0.2) is 26.7 Å². The van der Waals surface area contributed by atoms with Crippen LogP contribution in [0.1, 0.15) is 10.5 Å². The number of carbonyl (C=O) groups is 1. The Hall–Kier alpha value is -2.14. The van der Waals surface area contributed by atoms with Crippen LogP contribution in [-0.2, 0) is 0 Å². The van der Waals surface area contributed by atoms with Crippen LogP contribution in [0.25, 0.3) is 11.3 Å². The Bertz CT molecular complexity index is 451. The molecule has 0 aliphatic rings. The maximum atomic E-state index is 10.6. The Morgan fingerprint density at radius 3 is 2.47 bits per heavy atom. The summed E-state index contributed by atoms with van der Waals surface area (Å²) in [5, 5.41) is 15.0. The van der Waals surface area contributed by atoms with E-state index in [2.05, 4.69) is 10.2 Å². The fourth-order valence-corrected chi connectivity index (χ4v) is 1.19. The van der Waals surface area contributed by atoms with Gasteiger partial charge in [0.1, 0.15) is 5.69 Å². The Kier molecular flexibility index (Phi) is 3.20. The van der Waals surface area contributed by atoms with Gasteiger partial charge in [-0.1, -0.05) is 30.3 Å². The Labute approximate surface area is 85.7 Å². The summed E-state index contributed by atoms with van der Waals surface area (Å²) in [6.45, 7) is 0. The van der Waals surface area contributed by atoms with E-state index >= 15 is 0 Å². The van der Waals surface area contributed by atoms with Gasteiger partial charge in [-0.05, 0) is 6.07 Å². The van der Waals surface area contributed by atoms with Crippen molar-refractivity contribution in [1.29, 1.82) is 0 Å². The molecule has 0 saturated heterocycles. The van der Waals surface area contributed by atoms with Crippen molar-refractivity contribution in [3.63, 3.8) is 0 Å². The van der Waals surface area contributed by atoms with Crippen LogP contribution >= 0.6 is 0 Å². The highest BCUT2D eigenvalue weighted by molar-refractivity contribution is 5.86. The Balaban J connectivity index is 0.00000112. The van der Waals surface area contributed by atoms with Gasteiger partial charge < -0.3 is 10.6 Å². The number of hydrogen-bond donors (Lipinski definition) is 2. The van der Waals surface area contributed by atoms with Gasteiger partial charge in [-0.3, -0.25) is 5.10 Å². The number of aromatic nitrogens is 2. The molecular weight excluding hydrogens is 196 g/mol. The van der Waals surface area contributed by atoms with Crippen molar-refractivity contribution in [2.24, 2.45) is 0 Å². The van der Waals surface area contributed by atoms with Gasteiger partial charge >= 0.3 is 5.97 Å². The normalized spacial score (nSPS) is 9.33. The molecule has 2 aromatic rings. The molecule has 0 spiro atoms. The van der Waals surface area contributed by atoms with Crippen LogP contribution in [0.15, 0.2) is 36.4 Å². The van der Waals surface area contributed by atoms with Gasteiger partial charge in [-0.15, -0.1) is 0 Å². The van der Waals surface area contributed by atoms with Gasteiger partial charge in [-0.2, -0.15) is 5.10 Å². The summed E-state index contributed by atoms with van der Waals surface area (Å²) < 4.78 is 0. The third kappa shape index (κ3) is 2.21. The molecule has 0 atom stereocenters. The highest BCUT2D eigenvalue weighted by Gasteiger charge is 2.08. The first-order valence-corrected chi connectivity index (χ1v) is 4.11. The average Bonchev–Trinajstić information content (AvgIpc) is 2.68. The van der Waals surface area contributed by atoms with E-state index in [1.54, 1.807) is 0 Å². The molecule has 0 amide bonds. The average molecular weight is 206 g/mol. The zero-order valence-corrected chi connectivity index (χ0v) is 7.77. The Morgan fingerprint density at radius 1 is 1.27 bits per heavy atom. The van der Waals surface area contributed by atoms with E-state index in [9.17, 15) is 4.79 Å². The molecule has 0 radical (unpaired) electrons. The number of nitrogens with one attached hydrogen (secondary N) is 1. The van der Waals surface area contributed by atoms with Crippen LogP contribution in [0.4, 0.5) is 0 Å². The monoisotopic (exact) mass is 206 g/mol. The number of aromatic amines is 1. The molecule has 0 bridgehead atoms. The van der Waals surface area contributed by atoms with Gasteiger partial charge in [0.05, 0.1) is 5.69 Å². The maximum absolute atomic E-state index is 10.6. The number of nitrogens with zero attached hydrogens (tertiary/aromatic N) is 1. The molecule has 0 aliphatic carbocycles. The second-order valence-corrected chi connectivity index (χ2v) is 2.84. The number of aromatic carboxylic acids is 1. The summed E-state index contributed by atoms with van der Waals surface area (Å²) in [4.78, 5) is 10.6. The second-order valence-electron chi connectivity index (χ2n) is 2.84. The van der Waals surface area contributed by atoms with Gasteiger partial charge in [0, 0.05) is 5.56 Å². The first-order valence-electron chi connectivity index (χ1n) is 4.11. The summed E-state index contributed by atoms with van der Waals surface area (Å²) in [7, 11) is 0. The molecule has 1 heterocycles. The third-order valence-electron chi connectivity index (χ3n) is 1.88. The second kappa shape index (κ2) is 4.39. The van der Waals surface area contributed by atoms with Crippen LogP contribution in [0, 0.1) is 0 Å². The lowest BCUT2D eigenvalue weighted by Crippen LogP contribution is -1.95. The third-order valence-corrected chi connectivity index (χ3v) is 1.88. The van der Waals surface area contributed by atoms with Crippen molar-refractivity contribution >= 4 is 5.97 Å². The molecule has 0 fully saturated rings. The minimum absolute atomic E-state index is 0. The molecule has 1 aromatic carbocycles. The Morgan fingerprint density at radius 2 is 1.93 bits per heavy atom. The zero-order valence-electron chi connectivity index (χ0n) is 7.77. The summed E-state index contributed by atoms with van der Waals surface area (Å²) in [5.41, 5.74) is 1.64. The number of carboxylic acid groups (broad SMARTS) is 1. The zero-order chi connectivity index (χ0) is 9.97. The smallest absolute Gasteiger partial charge is 0.353 e. The molecule has 2 rings (SSSR count). The fraction of sp³-hybridized carbons (Fsp3) is 0. The highest BCUT2D eigenvalue weighted by atomic mass is 16.4. The van der Waals surface area contributed by atoms with Crippen molar-refractivity contribution in [2.75, 3.05) is 0 Å². The van der Waals surface area contributed by atoms with Crippen LogP contribution in [0.3, 0.4) is 0 Å². The van der Waals surface area contributed by atoms with E-state index in [-0.39, 0.29) is 11.2 Å². The number of hydrogen-bond acceptors (Lipinski definition) is 2. The minimum atomic E-state index is -1.00. The topological polar surface area (TPSA) is 97.5 Å². The standard InChI is InChI=1S/C10H8N2O2.H2O/c13-10(14)9-6-8(11-12-9)7-4-2-1-3-5-7;/h1-6H,(H,11,12)(H,13,14);1H2. The fourth-order valence-electron chi connectivity index (χ4n) is 1.19. The van der Waals surface area contributed by atoms with Crippen LogP contribution in [0.5, 0.6) is 0 Å². The molecule has 0 unspecified atom stereocenters. The van der Waals surface area contributed by atoms with Gasteiger partial charge in [0.25, 0.3) is 0 Å². The summed E-state index contributed by atoms with van der Waals surface area (Å²) in [6.07, 6.45) is 0. The van der Waals surface area contributed by atoms with Crippen molar-refractivity contribution in [1.82, 2.24) is 10.2 Å². The number of benzene rings is 1. The summed E-state index contributed by atoms with van der Waals surface area (Å²) in [5.74, 6) is -1.00. The van der Waals surface area contributed by atoms with Crippen molar-refractivity contribution < 1.29 is 15.4 Å². The molecule has 5 heteroatoms. The molecule has 5 nitrogen and oxygen atoms in total. The van der Waals surface area contributed by atoms with E-state index < -0.39 is 5.97 Å². The largest absolute Gasteiger partial charge is 0.477 e. The van der Waals surface area contributed by atoms with E-state index in [1.165, 1.54) is 6.07 Å². The molecule has 4 N–H and O–H groups in total. The molecule has 1 aromatic heterocycles. The minimum Gasteiger partial charge on any atom is -0.477 e. The van der Waals surface area contributed by atoms with Gasteiger partial charge in [-0.25, -0.2) is 4.79 Å². The predicted octanol–water partition coefficient (Wildman–Crippen LogP) is 0.950. The van der Waals surface area contributed by atoms with Crippen molar-refractivity contribution in [3.05, 3.63) is 42.1 Å². The van der Waals surface area contributed by atoms with E-state index in [0.29, 0.717) is 5.69 Å². The van der Waals surface area contributed by atoms with Gasteiger partial charge in [0.2, 0.25) is 0 Å². The SMILES string of the molecule is O.O=C(O)c1cc(-c2ccccc2)n[nH]1. The molecule has 0 saturated carbocycles. The number of rotatable bonds is 2. The number of carboxylic acids is 1. The van der Waals surface area contributed by atoms with E-state index in [0.717, 1.165) is 5.56 Å².